The number of hydrogen-bond donors (Lipinski definition) is 3. The molecule has 18 heavy (non-hydrogen) atoms. The SMILES string of the molecule is NC(=O)C(=O)NCCC(CCO)c1ccccc1. The maximum atomic E-state index is 11.0. The number of amides is 2. The Morgan fingerprint density at radius 3 is 2.44 bits per heavy atom. The van der Waals surface area contributed by atoms with Crippen LogP contribution in [-0.4, -0.2) is 30.1 Å². The number of primary amides is 1. The molecule has 0 saturated heterocycles. The molecular weight excluding hydrogens is 232 g/mol. The molecule has 1 atom stereocenters. The van der Waals surface area contributed by atoms with Gasteiger partial charge < -0.3 is 16.2 Å². The van der Waals surface area contributed by atoms with Gasteiger partial charge in [-0.2, -0.15) is 0 Å². The van der Waals surface area contributed by atoms with Crippen molar-refractivity contribution in [3.05, 3.63) is 35.9 Å². The zero-order valence-electron chi connectivity index (χ0n) is 10.1. The minimum Gasteiger partial charge on any atom is -0.396 e. The summed E-state index contributed by atoms with van der Waals surface area (Å²) in [6.07, 6.45) is 1.28. The summed E-state index contributed by atoms with van der Waals surface area (Å²) in [4.78, 5) is 21.5. The molecule has 1 aromatic carbocycles. The molecular formula is C13H18N2O3. The van der Waals surface area contributed by atoms with E-state index in [4.69, 9.17) is 10.8 Å². The van der Waals surface area contributed by atoms with Crippen molar-refractivity contribution in [2.75, 3.05) is 13.2 Å². The Hall–Kier alpha value is -1.88. The first-order valence-electron chi connectivity index (χ1n) is 5.88. The largest absolute Gasteiger partial charge is 0.396 e. The lowest BCUT2D eigenvalue weighted by atomic mass is 9.93. The van der Waals surface area contributed by atoms with Gasteiger partial charge in [0, 0.05) is 13.2 Å². The summed E-state index contributed by atoms with van der Waals surface area (Å²) in [5, 5.41) is 11.5. The molecule has 1 rings (SSSR count). The summed E-state index contributed by atoms with van der Waals surface area (Å²) in [6, 6.07) is 9.75. The third-order valence-electron chi connectivity index (χ3n) is 2.75. The summed E-state index contributed by atoms with van der Waals surface area (Å²) >= 11 is 0. The Balaban J connectivity index is 2.49. The van der Waals surface area contributed by atoms with E-state index < -0.39 is 11.8 Å². The summed E-state index contributed by atoms with van der Waals surface area (Å²) < 4.78 is 0. The summed E-state index contributed by atoms with van der Waals surface area (Å²) in [7, 11) is 0. The lowest BCUT2D eigenvalue weighted by Gasteiger charge is -2.16. The topological polar surface area (TPSA) is 92.4 Å². The van der Waals surface area contributed by atoms with Gasteiger partial charge in [0.25, 0.3) is 0 Å². The van der Waals surface area contributed by atoms with Crippen molar-refractivity contribution in [1.29, 1.82) is 0 Å². The van der Waals surface area contributed by atoms with E-state index >= 15 is 0 Å². The first kappa shape index (κ1) is 14.2. The highest BCUT2D eigenvalue weighted by molar-refractivity contribution is 6.34. The molecule has 0 saturated carbocycles. The van der Waals surface area contributed by atoms with Crippen molar-refractivity contribution in [2.45, 2.75) is 18.8 Å². The maximum Gasteiger partial charge on any atom is 0.309 e. The molecule has 0 bridgehead atoms. The van der Waals surface area contributed by atoms with E-state index in [9.17, 15) is 9.59 Å². The molecule has 0 aromatic heterocycles. The van der Waals surface area contributed by atoms with Crippen molar-refractivity contribution in [3.63, 3.8) is 0 Å². The minimum absolute atomic E-state index is 0.0866. The van der Waals surface area contributed by atoms with Gasteiger partial charge in [-0.05, 0) is 24.3 Å². The number of nitrogens with one attached hydrogen (secondary N) is 1. The van der Waals surface area contributed by atoms with Crippen LogP contribution in [0.25, 0.3) is 0 Å². The highest BCUT2D eigenvalue weighted by atomic mass is 16.3. The van der Waals surface area contributed by atoms with Gasteiger partial charge in [0.05, 0.1) is 0 Å². The molecule has 0 aliphatic rings. The van der Waals surface area contributed by atoms with Crippen molar-refractivity contribution in [2.24, 2.45) is 5.73 Å². The fraction of sp³-hybridized carbons (Fsp3) is 0.385. The second-order valence-corrected chi connectivity index (χ2v) is 4.03. The second-order valence-electron chi connectivity index (χ2n) is 4.03. The smallest absolute Gasteiger partial charge is 0.309 e. The van der Waals surface area contributed by atoms with Gasteiger partial charge in [-0.1, -0.05) is 30.3 Å². The average molecular weight is 250 g/mol. The molecule has 1 aromatic rings. The quantitative estimate of drug-likeness (QED) is 0.627. The summed E-state index contributed by atoms with van der Waals surface area (Å²) in [5.41, 5.74) is 5.94. The van der Waals surface area contributed by atoms with Crippen LogP contribution in [0.4, 0.5) is 0 Å². The molecule has 5 heteroatoms. The van der Waals surface area contributed by atoms with E-state index in [1.54, 1.807) is 0 Å². The number of rotatable bonds is 6. The molecule has 0 heterocycles. The Morgan fingerprint density at radius 1 is 1.22 bits per heavy atom. The molecule has 98 valence electrons. The Kier molecular flexibility index (Phi) is 5.87. The van der Waals surface area contributed by atoms with E-state index in [0.29, 0.717) is 19.4 Å². The van der Waals surface area contributed by atoms with Crippen LogP contribution in [0, 0.1) is 0 Å². The minimum atomic E-state index is -0.978. The van der Waals surface area contributed by atoms with Crippen LogP contribution >= 0.6 is 0 Å². The van der Waals surface area contributed by atoms with E-state index in [0.717, 1.165) is 5.56 Å². The van der Waals surface area contributed by atoms with Crippen molar-refractivity contribution < 1.29 is 14.7 Å². The number of aliphatic hydroxyl groups excluding tert-OH is 1. The standard InChI is InChI=1S/C13H18N2O3/c14-12(17)13(18)15-8-6-11(7-9-16)10-4-2-1-3-5-10/h1-5,11,16H,6-9H2,(H2,14,17)(H,15,18). The summed E-state index contributed by atoms with van der Waals surface area (Å²) in [5.74, 6) is -1.59. The average Bonchev–Trinajstić information content (AvgIpc) is 2.38. The predicted octanol–water partition coefficient (Wildman–Crippen LogP) is 0.144. The van der Waals surface area contributed by atoms with Gasteiger partial charge in [-0.15, -0.1) is 0 Å². The number of carbonyl (C=O) groups is 2. The monoisotopic (exact) mass is 250 g/mol. The Morgan fingerprint density at radius 2 is 1.89 bits per heavy atom. The van der Waals surface area contributed by atoms with Gasteiger partial charge >= 0.3 is 11.8 Å². The molecule has 5 nitrogen and oxygen atoms in total. The van der Waals surface area contributed by atoms with E-state index in [-0.39, 0.29) is 12.5 Å². The van der Waals surface area contributed by atoms with Crippen LogP contribution in [0.5, 0.6) is 0 Å². The van der Waals surface area contributed by atoms with Crippen molar-refractivity contribution in [3.8, 4) is 0 Å². The van der Waals surface area contributed by atoms with Gasteiger partial charge in [-0.25, -0.2) is 0 Å². The van der Waals surface area contributed by atoms with Gasteiger partial charge in [-0.3, -0.25) is 9.59 Å². The molecule has 0 aliphatic carbocycles. The maximum absolute atomic E-state index is 11.0. The molecule has 0 spiro atoms. The lowest BCUT2D eigenvalue weighted by molar-refractivity contribution is -0.137. The zero-order valence-corrected chi connectivity index (χ0v) is 10.1. The Labute approximate surface area is 106 Å². The number of benzene rings is 1. The molecule has 4 N–H and O–H groups in total. The van der Waals surface area contributed by atoms with Crippen LogP contribution in [0.3, 0.4) is 0 Å². The van der Waals surface area contributed by atoms with Crippen LogP contribution in [-0.2, 0) is 9.59 Å². The first-order chi connectivity index (χ1) is 8.65. The van der Waals surface area contributed by atoms with Gasteiger partial charge in [0.1, 0.15) is 0 Å². The third-order valence-corrected chi connectivity index (χ3v) is 2.75. The highest BCUT2D eigenvalue weighted by Gasteiger charge is 2.12. The Bertz CT molecular complexity index is 392. The molecule has 0 aliphatic heterocycles. The predicted molar refractivity (Wildman–Crippen MR) is 67.7 cm³/mol. The van der Waals surface area contributed by atoms with Crippen molar-refractivity contribution in [1.82, 2.24) is 5.32 Å². The number of aliphatic hydroxyl groups is 1. The summed E-state index contributed by atoms with van der Waals surface area (Å²) in [6.45, 7) is 0.449. The van der Waals surface area contributed by atoms with E-state index in [1.165, 1.54) is 0 Å². The van der Waals surface area contributed by atoms with E-state index in [1.807, 2.05) is 30.3 Å². The van der Waals surface area contributed by atoms with Crippen LogP contribution in [0.2, 0.25) is 0 Å². The van der Waals surface area contributed by atoms with Crippen molar-refractivity contribution >= 4 is 11.8 Å². The lowest BCUT2D eigenvalue weighted by Crippen LogP contribution is -2.36. The number of hydrogen-bond acceptors (Lipinski definition) is 3. The highest BCUT2D eigenvalue weighted by Crippen LogP contribution is 2.22. The molecule has 0 fully saturated rings. The molecule has 1 unspecified atom stereocenters. The fourth-order valence-electron chi connectivity index (χ4n) is 1.81. The molecule has 0 radical (unpaired) electrons. The number of carbonyl (C=O) groups excluding carboxylic acids is 2. The van der Waals surface area contributed by atoms with E-state index in [2.05, 4.69) is 5.32 Å². The second kappa shape index (κ2) is 7.45. The third kappa shape index (κ3) is 4.55. The molecule has 2 amide bonds. The fourth-order valence-corrected chi connectivity index (χ4v) is 1.81. The zero-order chi connectivity index (χ0) is 13.4. The van der Waals surface area contributed by atoms with Gasteiger partial charge in [0.15, 0.2) is 0 Å². The normalized spacial score (nSPS) is 11.8. The van der Waals surface area contributed by atoms with Crippen LogP contribution in [0.1, 0.15) is 24.3 Å². The van der Waals surface area contributed by atoms with Crippen LogP contribution in [0.15, 0.2) is 30.3 Å². The van der Waals surface area contributed by atoms with Crippen LogP contribution < -0.4 is 11.1 Å². The number of nitrogens with two attached hydrogens (primary N) is 1. The van der Waals surface area contributed by atoms with Gasteiger partial charge in [0.2, 0.25) is 0 Å². The first-order valence-corrected chi connectivity index (χ1v) is 5.88.